The van der Waals surface area contributed by atoms with Crippen molar-refractivity contribution in [2.75, 3.05) is 6.61 Å². The molecule has 2 heteroatoms. The van der Waals surface area contributed by atoms with Crippen LogP contribution in [0.15, 0.2) is 12.7 Å². The quantitative estimate of drug-likeness (QED) is 0.529. The molecule has 11 heavy (non-hydrogen) atoms. The van der Waals surface area contributed by atoms with Crippen molar-refractivity contribution in [2.45, 2.75) is 25.4 Å². The maximum absolute atomic E-state index is 11.0. The Labute approximate surface area is 66.2 Å². The number of hydrogen-bond acceptors (Lipinski definition) is 2. The van der Waals surface area contributed by atoms with Gasteiger partial charge >= 0.3 is 0 Å². The molecule has 1 aliphatic heterocycles. The topological polar surface area (TPSA) is 26.3 Å². The monoisotopic (exact) mass is 152 g/mol. The Morgan fingerprint density at radius 3 is 2.91 bits per heavy atom. The van der Waals surface area contributed by atoms with Gasteiger partial charge in [0.25, 0.3) is 0 Å². The van der Waals surface area contributed by atoms with E-state index >= 15 is 0 Å². The largest absolute Gasteiger partial charge is 0.373 e. The first kappa shape index (κ1) is 7.04. The van der Waals surface area contributed by atoms with Gasteiger partial charge in [-0.1, -0.05) is 6.08 Å². The van der Waals surface area contributed by atoms with Crippen LogP contribution in [0.4, 0.5) is 0 Å². The highest BCUT2D eigenvalue weighted by molar-refractivity contribution is 5.81. The zero-order valence-corrected chi connectivity index (χ0v) is 6.51. The Bertz CT molecular complexity index is 210. The molecule has 2 rings (SSSR count). The van der Waals surface area contributed by atoms with Gasteiger partial charge in [0.2, 0.25) is 0 Å². The van der Waals surface area contributed by atoms with Crippen LogP contribution >= 0.6 is 0 Å². The number of Topliss-reactive ketones (excluding diaryl/α,β-unsaturated/α-hetero) is 1. The number of rotatable bonds is 1. The summed E-state index contributed by atoms with van der Waals surface area (Å²) < 4.78 is 5.30. The van der Waals surface area contributed by atoms with Crippen molar-refractivity contribution in [2.24, 2.45) is 5.41 Å². The van der Waals surface area contributed by atoms with Gasteiger partial charge < -0.3 is 4.74 Å². The van der Waals surface area contributed by atoms with Crippen LogP contribution in [0, 0.1) is 5.41 Å². The molecule has 0 aromatic heterocycles. The first-order valence-electron chi connectivity index (χ1n) is 4.03. The van der Waals surface area contributed by atoms with E-state index in [0.29, 0.717) is 12.2 Å². The minimum atomic E-state index is 0.147. The van der Waals surface area contributed by atoms with Crippen molar-refractivity contribution in [3.8, 4) is 0 Å². The lowest BCUT2D eigenvalue weighted by molar-refractivity contribution is -0.159. The standard InChI is InChI=1S/C9H12O2/c1-2-8-9(6-11-8)4-3-7(10)5-9/h2,8H,1,3-6H2. The summed E-state index contributed by atoms with van der Waals surface area (Å²) in [5, 5.41) is 0. The number of carbonyl (C=O) groups is 1. The molecule has 2 unspecified atom stereocenters. The highest BCUT2D eigenvalue weighted by atomic mass is 16.5. The molecule has 0 aromatic rings. The van der Waals surface area contributed by atoms with E-state index in [1.807, 2.05) is 6.08 Å². The van der Waals surface area contributed by atoms with E-state index in [9.17, 15) is 4.79 Å². The van der Waals surface area contributed by atoms with E-state index in [-0.39, 0.29) is 11.5 Å². The molecular weight excluding hydrogens is 140 g/mol. The molecule has 0 amide bonds. The molecular formula is C9H12O2. The molecule has 0 N–H and O–H groups in total. The summed E-state index contributed by atoms with van der Waals surface area (Å²) >= 11 is 0. The molecule has 1 saturated heterocycles. The molecule has 0 radical (unpaired) electrons. The molecule has 2 fully saturated rings. The lowest BCUT2D eigenvalue weighted by Crippen LogP contribution is -2.49. The van der Waals surface area contributed by atoms with Gasteiger partial charge in [0.15, 0.2) is 0 Å². The SMILES string of the molecule is C=CC1OCC12CCC(=O)C2. The van der Waals surface area contributed by atoms with Crippen molar-refractivity contribution in [3.63, 3.8) is 0 Å². The maximum atomic E-state index is 11.0. The highest BCUT2D eigenvalue weighted by Crippen LogP contribution is 2.47. The molecule has 60 valence electrons. The third-order valence-electron chi connectivity index (χ3n) is 2.82. The highest BCUT2D eigenvalue weighted by Gasteiger charge is 2.51. The molecule has 1 spiro atoms. The van der Waals surface area contributed by atoms with Crippen molar-refractivity contribution >= 4 is 5.78 Å². The van der Waals surface area contributed by atoms with Crippen LogP contribution in [-0.2, 0) is 9.53 Å². The van der Waals surface area contributed by atoms with Crippen LogP contribution in [0.25, 0.3) is 0 Å². The van der Waals surface area contributed by atoms with Crippen LogP contribution in [0.1, 0.15) is 19.3 Å². The van der Waals surface area contributed by atoms with E-state index < -0.39 is 0 Å². The van der Waals surface area contributed by atoms with Crippen LogP contribution in [0.3, 0.4) is 0 Å². The van der Waals surface area contributed by atoms with Crippen LogP contribution in [0.5, 0.6) is 0 Å². The average molecular weight is 152 g/mol. The van der Waals surface area contributed by atoms with Gasteiger partial charge in [0, 0.05) is 18.3 Å². The third-order valence-corrected chi connectivity index (χ3v) is 2.82. The van der Waals surface area contributed by atoms with Crippen molar-refractivity contribution in [1.29, 1.82) is 0 Å². The average Bonchev–Trinajstić information content (AvgIpc) is 2.33. The van der Waals surface area contributed by atoms with Crippen molar-refractivity contribution in [1.82, 2.24) is 0 Å². The maximum Gasteiger partial charge on any atom is 0.133 e. The number of carbonyl (C=O) groups excluding carboxylic acids is 1. The number of hydrogen-bond donors (Lipinski definition) is 0. The Morgan fingerprint density at radius 2 is 2.55 bits per heavy atom. The van der Waals surface area contributed by atoms with Crippen LogP contribution in [-0.4, -0.2) is 18.5 Å². The fraction of sp³-hybridized carbons (Fsp3) is 0.667. The molecule has 2 nitrogen and oxygen atoms in total. The third kappa shape index (κ3) is 0.857. The van der Waals surface area contributed by atoms with Crippen LogP contribution < -0.4 is 0 Å². The fourth-order valence-electron chi connectivity index (χ4n) is 2.06. The summed E-state index contributed by atoms with van der Waals surface area (Å²) in [5.74, 6) is 0.389. The minimum Gasteiger partial charge on any atom is -0.373 e. The fourth-order valence-corrected chi connectivity index (χ4v) is 2.06. The lowest BCUT2D eigenvalue weighted by atomic mass is 9.77. The Balaban J connectivity index is 2.12. The van der Waals surface area contributed by atoms with Crippen molar-refractivity contribution in [3.05, 3.63) is 12.7 Å². The van der Waals surface area contributed by atoms with E-state index in [1.165, 1.54) is 0 Å². The normalized spacial score (nSPS) is 42.5. The van der Waals surface area contributed by atoms with E-state index in [2.05, 4.69) is 6.58 Å². The zero-order chi connectivity index (χ0) is 7.90. The van der Waals surface area contributed by atoms with Crippen molar-refractivity contribution < 1.29 is 9.53 Å². The van der Waals surface area contributed by atoms with E-state index in [1.54, 1.807) is 0 Å². The van der Waals surface area contributed by atoms with Gasteiger partial charge in [-0.15, -0.1) is 6.58 Å². The summed E-state index contributed by atoms with van der Waals surface area (Å²) in [6.45, 7) is 4.45. The Hall–Kier alpha value is -0.630. The molecule has 0 bridgehead atoms. The minimum absolute atomic E-state index is 0.147. The smallest absolute Gasteiger partial charge is 0.133 e. The Morgan fingerprint density at radius 1 is 1.73 bits per heavy atom. The summed E-state index contributed by atoms with van der Waals surface area (Å²) in [7, 11) is 0. The van der Waals surface area contributed by atoms with Gasteiger partial charge in [-0.25, -0.2) is 0 Å². The Kier molecular flexibility index (Phi) is 1.39. The van der Waals surface area contributed by atoms with Gasteiger partial charge in [0.1, 0.15) is 5.78 Å². The lowest BCUT2D eigenvalue weighted by Gasteiger charge is -2.44. The first-order chi connectivity index (χ1) is 5.27. The van der Waals surface area contributed by atoms with E-state index in [4.69, 9.17) is 4.74 Å². The molecule has 2 atom stereocenters. The van der Waals surface area contributed by atoms with Crippen LogP contribution in [0.2, 0.25) is 0 Å². The molecule has 2 aliphatic rings. The summed E-state index contributed by atoms with van der Waals surface area (Å²) in [4.78, 5) is 11.0. The van der Waals surface area contributed by atoms with Gasteiger partial charge in [-0.05, 0) is 6.42 Å². The number of ketones is 1. The number of ether oxygens (including phenoxy) is 1. The predicted molar refractivity (Wildman–Crippen MR) is 41.2 cm³/mol. The van der Waals surface area contributed by atoms with Gasteiger partial charge in [0.05, 0.1) is 12.7 Å². The first-order valence-corrected chi connectivity index (χ1v) is 4.03. The molecule has 1 saturated carbocycles. The van der Waals surface area contributed by atoms with E-state index in [0.717, 1.165) is 19.4 Å². The molecule has 1 heterocycles. The summed E-state index contributed by atoms with van der Waals surface area (Å²) in [5.41, 5.74) is 0.166. The zero-order valence-electron chi connectivity index (χ0n) is 6.51. The predicted octanol–water partition coefficient (Wildman–Crippen LogP) is 1.31. The van der Waals surface area contributed by atoms with Gasteiger partial charge in [-0.2, -0.15) is 0 Å². The second kappa shape index (κ2) is 2.18. The summed E-state index contributed by atoms with van der Waals surface area (Å²) in [6, 6.07) is 0. The second-order valence-electron chi connectivity index (χ2n) is 3.55. The summed E-state index contributed by atoms with van der Waals surface area (Å²) in [6.07, 6.45) is 4.43. The second-order valence-corrected chi connectivity index (χ2v) is 3.55. The molecule has 1 aliphatic carbocycles. The van der Waals surface area contributed by atoms with Gasteiger partial charge in [-0.3, -0.25) is 4.79 Å². The molecule has 0 aromatic carbocycles.